The first-order valence-corrected chi connectivity index (χ1v) is 13.8. The van der Waals surface area contributed by atoms with Crippen molar-refractivity contribution < 1.29 is 27.5 Å². The van der Waals surface area contributed by atoms with Crippen LogP contribution in [0.4, 0.5) is 24.5 Å². The van der Waals surface area contributed by atoms with Gasteiger partial charge in [0.25, 0.3) is 5.91 Å². The van der Waals surface area contributed by atoms with Gasteiger partial charge >= 0.3 is 6.18 Å². The van der Waals surface area contributed by atoms with E-state index in [0.29, 0.717) is 32.7 Å². The lowest BCUT2D eigenvalue weighted by molar-refractivity contribution is -0.137. The predicted octanol–water partition coefficient (Wildman–Crippen LogP) is 7.07. The Labute approximate surface area is 249 Å². The number of ether oxygens (including phenoxy) is 1. The van der Waals surface area contributed by atoms with E-state index in [1.807, 2.05) is 0 Å². The van der Waals surface area contributed by atoms with Gasteiger partial charge in [0.1, 0.15) is 5.75 Å². The highest BCUT2D eigenvalue weighted by atomic mass is 35.5. The van der Waals surface area contributed by atoms with E-state index < -0.39 is 29.5 Å². The summed E-state index contributed by atoms with van der Waals surface area (Å²) in [6, 6.07) is 20.2. The molecule has 0 aromatic heterocycles. The van der Waals surface area contributed by atoms with Crippen molar-refractivity contribution in [3.8, 4) is 11.8 Å². The van der Waals surface area contributed by atoms with Gasteiger partial charge in [-0.1, -0.05) is 59.8 Å². The van der Waals surface area contributed by atoms with Gasteiger partial charge in [0, 0.05) is 22.0 Å². The highest BCUT2D eigenvalue weighted by molar-refractivity contribution is 8.03. The molecule has 0 saturated carbocycles. The Kier molecular flexibility index (Phi) is 9.50. The van der Waals surface area contributed by atoms with Crippen molar-refractivity contribution in [2.75, 3.05) is 23.5 Å². The quantitative estimate of drug-likeness (QED) is 0.251. The summed E-state index contributed by atoms with van der Waals surface area (Å²) in [7, 11) is 1.48. The zero-order chi connectivity index (χ0) is 30.4. The summed E-state index contributed by atoms with van der Waals surface area (Å²) < 4.78 is 44.5. The van der Waals surface area contributed by atoms with Crippen LogP contribution in [0.5, 0.6) is 5.75 Å². The molecule has 1 atom stereocenters. The molecule has 1 unspecified atom stereocenters. The van der Waals surface area contributed by atoms with Gasteiger partial charge in [-0.3, -0.25) is 9.59 Å². The molecule has 1 aliphatic heterocycles. The molecule has 3 aromatic rings. The number of allylic oxidation sites excluding steroid dienone is 2. The molecule has 1 heterocycles. The summed E-state index contributed by atoms with van der Waals surface area (Å²) in [6.45, 7) is 1.67. The number of nitrogens with zero attached hydrogens (tertiary/aromatic N) is 1. The highest BCUT2D eigenvalue weighted by Crippen LogP contribution is 2.43. The first kappa shape index (κ1) is 30.6. The molecule has 2 amide bonds. The molecule has 7 nitrogen and oxygen atoms in total. The maximum Gasteiger partial charge on any atom is 0.416 e. The van der Waals surface area contributed by atoms with Crippen LogP contribution in [-0.4, -0.2) is 24.7 Å². The van der Waals surface area contributed by atoms with Crippen molar-refractivity contribution >= 4 is 46.6 Å². The average molecular weight is 613 g/mol. The van der Waals surface area contributed by atoms with Crippen LogP contribution >= 0.6 is 23.4 Å². The first-order valence-electron chi connectivity index (χ1n) is 12.4. The third-order valence-corrected chi connectivity index (χ3v) is 7.65. The van der Waals surface area contributed by atoms with Crippen molar-refractivity contribution in [1.82, 2.24) is 5.32 Å². The maximum absolute atomic E-state index is 13.7. The average Bonchev–Trinajstić information content (AvgIpc) is 2.96. The summed E-state index contributed by atoms with van der Waals surface area (Å²) in [5.41, 5.74) is 0.844. The number of methoxy groups -OCH3 is 1. The fourth-order valence-electron chi connectivity index (χ4n) is 4.39. The molecule has 0 bridgehead atoms. The molecule has 42 heavy (non-hydrogen) atoms. The van der Waals surface area contributed by atoms with Crippen molar-refractivity contribution in [3.63, 3.8) is 0 Å². The van der Waals surface area contributed by atoms with Crippen molar-refractivity contribution in [2.24, 2.45) is 0 Å². The van der Waals surface area contributed by atoms with E-state index in [-0.39, 0.29) is 22.6 Å². The van der Waals surface area contributed by atoms with Gasteiger partial charge < -0.3 is 20.7 Å². The summed E-state index contributed by atoms with van der Waals surface area (Å²) in [5, 5.41) is 19.3. The third-order valence-electron chi connectivity index (χ3n) is 6.28. The Morgan fingerprint density at radius 3 is 2.48 bits per heavy atom. The lowest BCUT2D eigenvalue weighted by atomic mass is 9.82. The van der Waals surface area contributed by atoms with Gasteiger partial charge in [-0.25, -0.2) is 0 Å². The van der Waals surface area contributed by atoms with Crippen LogP contribution in [-0.2, 0) is 15.8 Å². The normalized spacial score (nSPS) is 15.0. The van der Waals surface area contributed by atoms with Crippen LogP contribution in [0.25, 0.3) is 0 Å². The second kappa shape index (κ2) is 13.1. The third kappa shape index (κ3) is 6.90. The Balaban J connectivity index is 1.63. The second-order valence-corrected chi connectivity index (χ2v) is 10.4. The lowest BCUT2D eigenvalue weighted by Gasteiger charge is -2.30. The molecule has 0 fully saturated rings. The fourth-order valence-corrected chi connectivity index (χ4v) is 5.53. The number of anilines is 2. The molecule has 12 heteroatoms. The van der Waals surface area contributed by atoms with E-state index in [1.165, 1.54) is 19.2 Å². The molecule has 0 saturated heterocycles. The SMILES string of the molecule is COc1ccccc1NC(=O)C1=C(C)NC(SCC(=O)Nc2cccc(C(F)(F)F)c2)=C(C#N)C1c1ccccc1Cl. The van der Waals surface area contributed by atoms with Gasteiger partial charge in [-0.05, 0) is 48.9 Å². The Morgan fingerprint density at radius 1 is 1.07 bits per heavy atom. The van der Waals surface area contributed by atoms with Crippen LogP contribution in [0.3, 0.4) is 0 Å². The maximum atomic E-state index is 13.7. The molecular formula is C30H24ClF3N4O3S. The van der Waals surface area contributed by atoms with E-state index in [9.17, 15) is 28.0 Å². The van der Waals surface area contributed by atoms with Gasteiger partial charge in [0.15, 0.2) is 0 Å². The van der Waals surface area contributed by atoms with Crippen molar-refractivity contribution in [2.45, 2.75) is 19.0 Å². The van der Waals surface area contributed by atoms with Crippen LogP contribution in [0, 0.1) is 11.3 Å². The number of benzene rings is 3. The number of para-hydroxylation sites is 2. The number of dihydropyridines is 1. The number of amides is 2. The standard InChI is InChI=1S/C30H24ClF3N4O3S/c1-17-26(28(40)38-23-12-5-6-13-24(23)41-2)27(20-10-3-4-11-22(20)31)21(15-35)29(36-17)42-16-25(39)37-19-9-7-8-18(14-19)30(32,33)34/h3-14,27,36H,16H2,1-2H3,(H,37,39)(H,38,40). The highest BCUT2D eigenvalue weighted by Gasteiger charge is 2.36. The topological polar surface area (TPSA) is 103 Å². The molecule has 3 N–H and O–H groups in total. The van der Waals surface area contributed by atoms with Gasteiger partial charge in [-0.15, -0.1) is 0 Å². The van der Waals surface area contributed by atoms with Crippen LogP contribution in [0.2, 0.25) is 5.02 Å². The van der Waals surface area contributed by atoms with Crippen LogP contribution in [0.15, 0.2) is 94.7 Å². The Hall–Kier alpha value is -4.40. The minimum atomic E-state index is -4.55. The minimum absolute atomic E-state index is 0.0122. The number of alkyl halides is 3. The Bertz CT molecular complexity index is 1630. The molecule has 0 radical (unpaired) electrons. The smallest absolute Gasteiger partial charge is 0.416 e. The summed E-state index contributed by atoms with van der Waals surface area (Å²) >= 11 is 7.52. The minimum Gasteiger partial charge on any atom is -0.495 e. The zero-order valence-corrected chi connectivity index (χ0v) is 23.9. The monoisotopic (exact) mass is 612 g/mol. The van der Waals surface area contributed by atoms with Gasteiger partial charge in [0.05, 0.1) is 46.7 Å². The van der Waals surface area contributed by atoms with Crippen LogP contribution in [0.1, 0.15) is 24.0 Å². The Morgan fingerprint density at radius 2 is 1.79 bits per heavy atom. The van der Waals surface area contributed by atoms with Gasteiger partial charge in [0.2, 0.25) is 5.91 Å². The number of halogens is 4. The molecule has 1 aliphatic rings. The summed E-state index contributed by atoms with van der Waals surface area (Å²) in [4.78, 5) is 26.4. The number of nitrogens with one attached hydrogen (secondary N) is 3. The van der Waals surface area contributed by atoms with E-state index in [4.69, 9.17) is 16.3 Å². The summed E-state index contributed by atoms with van der Waals surface area (Å²) in [6.07, 6.45) is -4.55. The summed E-state index contributed by atoms with van der Waals surface area (Å²) in [5.74, 6) is -1.74. The molecule has 4 rings (SSSR count). The number of carbonyl (C=O) groups excluding carboxylic acids is 2. The first-order chi connectivity index (χ1) is 20.0. The lowest BCUT2D eigenvalue weighted by Crippen LogP contribution is -2.31. The van der Waals surface area contributed by atoms with E-state index in [2.05, 4.69) is 22.0 Å². The number of hydrogen-bond donors (Lipinski definition) is 3. The number of hydrogen-bond acceptors (Lipinski definition) is 6. The second-order valence-electron chi connectivity index (χ2n) is 9.04. The van der Waals surface area contributed by atoms with Crippen molar-refractivity contribution in [3.05, 3.63) is 111 Å². The zero-order valence-electron chi connectivity index (χ0n) is 22.3. The van der Waals surface area contributed by atoms with E-state index >= 15 is 0 Å². The fraction of sp³-hybridized carbons (Fsp3) is 0.167. The molecule has 0 spiro atoms. The number of carbonyl (C=O) groups is 2. The molecular weight excluding hydrogens is 589 g/mol. The van der Waals surface area contributed by atoms with E-state index in [1.54, 1.807) is 55.5 Å². The predicted molar refractivity (Wildman–Crippen MR) is 157 cm³/mol. The van der Waals surface area contributed by atoms with Crippen molar-refractivity contribution in [1.29, 1.82) is 5.26 Å². The molecule has 216 valence electrons. The number of rotatable bonds is 8. The number of thioether (sulfide) groups is 1. The van der Waals surface area contributed by atoms with Crippen LogP contribution < -0.4 is 20.7 Å². The van der Waals surface area contributed by atoms with Gasteiger partial charge in [-0.2, -0.15) is 18.4 Å². The molecule has 3 aromatic carbocycles. The molecule has 0 aliphatic carbocycles. The largest absolute Gasteiger partial charge is 0.495 e. The number of nitriles is 1. The van der Waals surface area contributed by atoms with E-state index in [0.717, 1.165) is 23.9 Å².